The number of hydrogen-bond donors (Lipinski definition) is 1. The summed E-state index contributed by atoms with van der Waals surface area (Å²) in [7, 11) is 1.60. The van der Waals surface area contributed by atoms with Gasteiger partial charge in [0.1, 0.15) is 5.75 Å². The van der Waals surface area contributed by atoms with Gasteiger partial charge < -0.3 is 15.0 Å². The highest BCUT2D eigenvalue weighted by Crippen LogP contribution is 2.26. The summed E-state index contributed by atoms with van der Waals surface area (Å²) in [5.41, 5.74) is 0.815. The van der Waals surface area contributed by atoms with E-state index >= 15 is 0 Å². The summed E-state index contributed by atoms with van der Waals surface area (Å²) >= 11 is 6.16. The van der Waals surface area contributed by atoms with E-state index < -0.39 is 0 Å². The molecule has 0 bridgehead atoms. The Labute approximate surface area is 125 Å². The van der Waals surface area contributed by atoms with Crippen LogP contribution < -0.4 is 10.1 Å². The van der Waals surface area contributed by atoms with Crippen molar-refractivity contribution in [1.29, 1.82) is 0 Å². The number of rotatable bonds is 3. The summed E-state index contributed by atoms with van der Waals surface area (Å²) in [6.45, 7) is 4.21. The summed E-state index contributed by atoms with van der Waals surface area (Å²) < 4.78 is 5.27. The van der Waals surface area contributed by atoms with Crippen LogP contribution in [0, 0.1) is 5.92 Å². The maximum absolute atomic E-state index is 12.2. The summed E-state index contributed by atoms with van der Waals surface area (Å²) in [5, 5.41) is 3.54. The molecule has 1 atom stereocenters. The van der Waals surface area contributed by atoms with Gasteiger partial charge in [0.25, 0.3) is 0 Å². The highest BCUT2D eigenvalue weighted by Gasteiger charge is 2.21. The Balaban J connectivity index is 1.96. The third-order valence-corrected chi connectivity index (χ3v) is 4.01. The van der Waals surface area contributed by atoms with Crippen molar-refractivity contribution in [2.24, 2.45) is 5.92 Å². The van der Waals surface area contributed by atoms with Crippen LogP contribution in [0.3, 0.4) is 0 Å². The lowest BCUT2D eigenvalue weighted by Crippen LogP contribution is -2.44. The molecule has 4 nitrogen and oxygen atoms in total. The number of benzene rings is 1. The molecule has 0 radical (unpaired) electrons. The van der Waals surface area contributed by atoms with Gasteiger partial charge in [0.15, 0.2) is 0 Å². The lowest BCUT2D eigenvalue weighted by molar-refractivity contribution is 0.169. The van der Waals surface area contributed by atoms with Crippen LogP contribution in [0.25, 0.3) is 0 Å². The molecule has 1 unspecified atom stereocenters. The fourth-order valence-corrected chi connectivity index (χ4v) is 2.78. The number of nitrogens with zero attached hydrogens (tertiary/aromatic N) is 1. The molecule has 0 spiro atoms. The smallest absolute Gasteiger partial charge is 0.317 e. The number of ether oxygens (including phenoxy) is 1. The third kappa shape index (κ3) is 3.57. The highest BCUT2D eigenvalue weighted by atomic mass is 35.5. The van der Waals surface area contributed by atoms with Crippen LogP contribution in [0.15, 0.2) is 18.2 Å². The van der Waals surface area contributed by atoms with Gasteiger partial charge in [-0.3, -0.25) is 0 Å². The number of halogens is 1. The van der Waals surface area contributed by atoms with E-state index in [4.69, 9.17) is 16.3 Å². The molecule has 0 aromatic heterocycles. The van der Waals surface area contributed by atoms with E-state index in [0.29, 0.717) is 23.2 Å². The fourth-order valence-electron chi connectivity index (χ4n) is 2.55. The number of methoxy groups -OCH3 is 1. The van der Waals surface area contributed by atoms with E-state index in [9.17, 15) is 4.79 Å². The molecular formula is C15H21ClN2O2. The molecular weight excluding hydrogens is 276 g/mol. The number of carbonyl (C=O) groups is 1. The average molecular weight is 297 g/mol. The number of carbonyl (C=O) groups excluding carboxylic acids is 1. The van der Waals surface area contributed by atoms with Crippen molar-refractivity contribution in [2.75, 3.05) is 20.2 Å². The molecule has 2 rings (SSSR count). The molecule has 1 aliphatic rings. The third-order valence-electron chi connectivity index (χ3n) is 3.66. The largest absolute Gasteiger partial charge is 0.496 e. The summed E-state index contributed by atoms with van der Waals surface area (Å²) in [6.07, 6.45) is 2.27. The second kappa shape index (κ2) is 6.84. The average Bonchev–Trinajstić information content (AvgIpc) is 2.45. The molecule has 2 amide bonds. The number of nitrogens with one attached hydrogen (secondary N) is 1. The van der Waals surface area contributed by atoms with E-state index in [1.54, 1.807) is 13.2 Å². The topological polar surface area (TPSA) is 41.6 Å². The minimum absolute atomic E-state index is 0.0291. The Morgan fingerprint density at radius 1 is 1.55 bits per heavy atom. The molecule has 1 heterocycles. The van der Waals surface area contributed by atoms with Crippen molar-refractivity contribution in [3.8, 4) is 5.75 Å². The van der Waals surface area contributed by atoms with Crippen molar-refractivity contribution >= 4 is 17.6 Å². The normalized spacial score (nSPS) is 18.8. The zero-order valence-electron chi connectivity index (χ0n) is 12.0. The molecule has 0 aliphatic carbocycles. The van der Waals surface area contributed by atoms with Crippen LogP contribution in [-0.4, -0.2) is 31.1 Å². The van der Waals surface area contributed by atoms with Crippen LogP contribution in [0.4, 0.5) is 4.79 Å². The van der Waals surface area contributed by atoms with Crippen molar-refractivity contribution in [3.63, 3.8) is 0 Å². The second-order valence-electron chi connectivity index (χ2n) is 5.27. The van der Waals surface area contributed by atoms with E-state index in [-0.39, 0.29) is 6.03 Å². The van der Waals surface area contributed by atoms with E-state index in [0.717, 1.165) is 25.1 Å². The predicted molar refractivity (Wildman–Crippen MR) is 80.2 cm³/mol. The molecule has 1 aromatic carbocycles. The molecule has 20 heavy (non-hydrogen) atoms. The van der Waals surface area contributed by atoms with Gasteiger partial charge in [-0.15, -0.1) is 0 Å². The first-order valence-electron chi connectivity index (χ1n) is 6.96. The molecule has 5 heteroatoms. The van der Waals surface area contributed by atoms with Crippen LogP contribution in [0.5, 0.6) is 5.75 Å². The lowest BCUT2D eigenvalue weighted by Gasteiger charge is -2.31. The van der Waals surface area contributed by atoms with Crippen molar-refractivity contribution in [2.45, 2.75) is 26.3 Å². The van der Waals surface area contributed by atoms with Gasteiger partial charge in [0.05, 0.1) is 7.11 Å². The van der Waals surface area contributed by atoms with E-state index in [1.807, 2.05) is 17.0 Å². The van der Waals surface area contributed by atoms with Gasteiger partial charge in [-0.05, 0) is 30.9 Å². The molecule has 1 fully saturated rings. The number of hydrogen-bond acceptors (Lipinski definition) is 2. The molecule has 110 valence electrons. The van der Waals surface area contributed by atoms with Gasteiger partial charge in [-0.2, -0.15) is 0 Å². The molecule has 1 aliphatic heterocycles. The summed E-state index contributed by atoms with van der Waals surface area (Å²) in [4.78, 5) is 14.0. The zero-order chi connectivity index (χ0) is 14.5. The van der Waals surface area contributed by atoms with Crippen LogP contribution in [0.1, 0.15) is 25.3 Å². The summed E-state index contributed by atoms with van der Waals surface area (Å²) in [5.74, 6) is 1.27. The van der Waals surface area contributed by atoms with Gasteiger partial charge in [-0.25, -0.2) is 4.79 Å². The van der Waals surface area contributed by atoms with Crippen molar-refractivity contribution in [3.05, 3.63) is 28.8 Å². The second-order valence-corrected chi connectivity index (χ2v) is 5.68. The number of urea groups is 1. The monoisotopic (exact) mass is 296 g/mol. The van der Waals surface area contributed by atoms with Gasteiger partial charge >= 0.3 is 6.03 Å². The minimum atomic E-state index is -0.0291. The van der Waals surface area contributed by atoms with Gasteiger partial charge in [-0.1, -0.05) is 24.6 Å². The molecule has 1 saturated heterocycles. The number of likely N-dealkylation sites (tertiary alicyclic amines) is 1. The predicted octanol–water partition coefficient (Wildman–Crippen LogP) is 3.29. The molecule has 1 N–H and O–H groups in total. The van der Waals surface area contributed by atoms with Crippen LogP contribution in [-0.2, 0) is 6.54 Å². The lowest BCUT2D eigenvalue weighted by atomic mass is 10.0. The standard InChI is InChI=1S/C15H21ClN2O2/c1-11-5-4-8-18(10-11)15(19)17-9-12-13(16)6-3-7-14(12)20-2/h3,6-7,11H,4-5,8-10H2,1-2H3,(H,17,19). The number of amides is 2. The quantitative estimate of drug-likeness (QED) is 0.930. The Bertz CT molecular complexity index is 479. The first-order valence-corrected chi connectivity index (χ1v) is 7.33. The van der Waals surface area contributed by atoms with E-state index in [2.05, 4.69) is 12.2 Å². The van der Waals surface area contributed by atoms with Crippen LogP contribution in [0.2, 0.25) is 5.02 Å². The summed E-state index contributed by atoms with van der Waals surface area (Å²) in [6, 6.07) is 5.45. The van der Waals surface area contributed by atoms with Gasteiger partial charge in [0, 0.05) is 30.2 Å². The molecule has 1 aromatic rings. The Morgan fingerprint density at radius 2 is 2.35 bits per heavy atom. The van der Waals surface area contributed by atoms with Crippen molar-refractivity contribution in [1.82, 2.24) is 10.2 Å². The highest BCUT2D eigenvalue weighted by molar-refractivity contribution is 6.31. The molecule has 0 saturated carbocycles. The number of piperidine rings is 1. The van der Waals surface area contributed by atoms with Crippen LogP contribution >= 0.6 is 11.6 Å². The maximum Gasteiger partial charge on any atom is 0.317 e. The van der Waals surface area contributed by atoms with Crippen molar-refractivity contribution < 1.29 is 9.53 Å². The van der Waals surface area contributed by atoms with Gasteiger partial charge in [0.2, 0.25) is 0 Å². The first-order chi connectivity index (χ1) is 9.61. The fraction of sp³-hybridized carbons (Fsp3) is 0.533. The minimum Gasteiger partial charge on any atom is -0.496 e. The Morgan fingerprint density at radius 3 is 3.05 bits per heavy atom. The maximum atomic E-state index is 12.2. The first kappa shape index (κ1) is 15.0. The van der Waals surface area contributed by atoms with E-state index in [1.165, 1.54) is 6.42 Å². The zero-order valence-corrected chi connectivity index (χ0v) is 12.7. The Hall–Kier alpha value is -1.42. The SMILES string of the molecule is COc1cccc(Cl)c1CNC(=O)N1CCCC(C)C1. The Kier molecular flexibility index (Phi) is 5.12.